The lowest BCUT2D eigenvalue weighted by molar-refractivity contribution is -0.166. The molecule has 0 spiro atoms. The van der Waals surface area contributed by atoms with E-state index in [1.807, 2.05) is 30.3 Å². The fourth-order valence-corrected chi connectivity index (χ4v) is 4.05. The maximum Gasteiger partial charge on any atom is 0.306 e. The molecule has 0 saturated carbocycles. The maximum atomic E-state index is 12.4. The Morgan fingerprint density at radius 1 is 0.969 bits per heavy atom. The summed E-state index contributed by atoms with van der Waals surface area (Å²) < 4.78 is 16.8. The molecule has 1 aromatic rings. The Labute approximate surface area is 194 Å². The molecular weight excluding hydrogens is 404 g/mol. The number of carbonyl (C=O) groups excluding carboxylic acids is 2. The number of rotatable bonds is 18. The number of benzene rings is 1. The van der Waals surface area contributed by atoms with Crippen LogP contribution in [0.1, 0.15) is 102 Å². The molecule has 1 aliphatic heterocycles. The smallest absolute Gasteiger partial charge is 0.306 e. The van der Waals surface area contributed by atoms with E-state index >= 15 is 0 Å². The third-order valence-electron chi connectivity index (χ3n) is 5.99. The van der Waals surface area contributed by atoms with Gasteiger partial charge in [-0.25, -0.2) is 0 Å². The van der Waals surface area contributed by atoms with Crippen molar-refractivity contribution in [2.75, 3.05) is 6.61 Å². The van der Waals surface area contributed by atoms with Gasteiger partial charge in [0.15, 0.2) is 6.10 Å². The highest BCUT2D eigenvalue weighted by Crippen LogP contribution is 2.21. The van der Waals surface area contributed by atoms with Crippen LogP contribution in [-0.4, -0.2) is 30.8 Å². The van der Waals surface area contributed by atoms with Crippen molar-refractivity contribution in [3.63, 3.8) is 0 Å². The SMILES string of the molecule is CCCCCCCCCCCCCC(=O)O[C@@H](COCc1ccccc1)[C@H]1CCC(=O)O1. The van der Waals surface area contributed by atoms with Crippen LogP contribution in [0, 0.1) is 0 Å². The average molecular weight is 447 g/mol. The van der Waals surface area contributed by atoms with Crippen LogP contribution in [-0.2, 0) is 30.4 Å². The van der Waals surface area contributed by atoms with Crippen LogP contribution in [0.15, 0.2) is 30.3 Å². The summed E-state index contributed by atoms with van der Waals surface area (Å²) in [5.41, 5.74) is 1.06. The maximum absolute atomic E-state index is 12.4. The fourth-order valence-electron chi connectivity index (χ4n) is 4.05. The lowest BCUT2D eigenvalue weighted by atomic mass is 10.1. The third kappa shape index (κ3) is 11.7. The van der Waals surface area contributed by atoms with Crippen molar-refractivity contribution < 1.29 is 23.8 Å². The largest absolute Gasteiger partial charge is 0.458 e. The monoisotopic (exact) mass is 446 g/mol. The van der Waals surface area contributed by atoms with Crippen molar-refractivity contribution in [1.82, 2.24) is 0 Å². The molecule has 2 rings (SSSR count). The first-order valence-electron chi connectivity index (χ1n) is 12.7. The van der Waals surface area contributed by atoms with Crippen molar-refractivity contribution >= 4 is 11.9 Å². The van der Waals surface area contributed by atoms with E-state index in [0.717, 1.165) is 18.4 Å². The molecule has 1 aliphatic rings. The molecule has 0 unspecified atom stereocenters. The van der Waals surface area contributed by atoms with Gasteiger partial charge in [-0.15, -0.1) is 0 Å². The molecule has 0 aliphatic carbocycles. The van der Waals surface area contributed by atoms with Gasteiger partial charge in [0.25, 0.3) is 0 Å². The zero-order valence-corrected chi connectivity index (χ0v) is 19.9. The van der Waals surface area contributed by atoms with Gasteiger partial charge in [-0.05, 0) is 18.4 Å². The summed E-state index contributed by atoms with van der Waals surface area (Å²) in [6, 6.07) is 9.86. The van der Waals surface area contributed by atoms with Crippen LogP contribution < -0.4 is 0 Å². The summed E-state index contributed by atoms with van der Waals surface area (Å²) in [5, 5.41) is 0. The van der Waals surface area contributed by atoms with Gasteiger partial charge in [0.1, 0.15) is 6.10 Å². The summed E-state index contributed by atoms with van der Waals surface area (Å²) in [6.45, 7) is 2.92. The van der Waals surface area contributed by atoms with Crippen LogP contribution in [0.3, 0.4) is 0 Å². The van der Waals surface area contributed by atoms with Crippen molar-refractivity contribution in [2.24, 2.45) is 0 Å². The number of ether oxygens (including phenoxy) is 3. The van der Waals surface area contributed by atoms with Crippen LogP contribution in [0.5, 0.6) is 0 Å². The minimum atomic E-state index is -0.537. The lowest BCUT2D eigenvalue weighted by Gasteiger charge is -2.23. The molecule has 0 N–H and O–H groups in total. The van der Waals surface area contributed by atoms with Gasteiger partial charge < -0.3 is 14.2 Å². The number of esters is 2. The Hall–Kier alpha value is -1.88. The standard InChI is InChI=1S/C27H42O5/c1-2-3-4-5-6-7-8-9-10-11-15-18-26(28)32-25(24-19-20-27(29)31-24)22-30-21-23-16-13-12-14-17-23/h12-14,16-17,24-25H,2-11,15,18-22H2,1H3/t24-,25+/m1/s1. The molecule has 1 aromatic carbocycles. The van der Waals surface area contributed by atoms with E-state index in [2.05, 4.69) is 6.92 Å². The highest BCUT2D eigenvalue weighted by Gasteiger charge is 2.33. The number of hydrogen-bond acceptors (Lipinski definition) is 5. The van der Waals surface area contributed by atoms with Crippen molar-refractivity contribution in [1.29, 1.82) is 0 Å². The summed E-state index contributed by atoms with van der Waals surface area (Å²) in [4.78, 5) is 23.9. The van der Waals surface area contributed by atoms with Crippen LogP contribution in [0.4, 0.5) is 0 Å². The predicted octanol–water partition coefficient (Wildman–Crippen LogP) is 6.52. The minimum absolute atomic E-state index is 0.225. The zero-order valence-electron chi connectivity index (χ0n) is 19.9. The van der Waals surface area contributed by atoms with E-state index in [1.54, 1.807) is 0 Å². The van der Waals surface area contributed by atoms with Gasteiger partial charge in [0.2, 0.25) is 0 Å². The van der Waals surface area contributed by atoms with Gasteiger partial charge in [0.05, 0.1) is 13.2 Å². The molecule has 180 valence electrons. The molecule has 1 heterocycles. The Morgan fingerprint density at radius 2 is 1.59 bits per heavy atom. The van der Waals surface area contributed by atoms with E-state index < -0.39 is 12.2 Å². The third-order valence-corrected chi connectivity index (χ3v) is 5.99. The van der Waals surface area contributed by atoms with Gasteiger partial charge in [0, 0.05) is 12.8 Å². The second-order valence-corrected chi connectivity index (χ2v) is 8.88. The molecule has 1 saturated heterocycles. The van der Waals surface area contributed by atoms with Crippen LogP contribution in [0.2, 0.25) is 0 Å². The normalized spacial score (nSPS) is 16.7. The van der Waals surface area contributed by atoms with Crippen molar-refractivity contribution in [3.8, 4) is 0 Å². The Kier molecular flexibility index (Phi) is 13.8. The average Bonchev–Trinajstić information content (AvgIpc) is 3.23. The van der Waals surface area contributed by atoms with Crippen molar-refractivity contribution in [2.45, 2.75) is 116 Å². The zero-order chi connectivity index (χ0) is 22.9. The second-order valence-electron chi connectivity index (χ2n) is 8.88. The first-order valence-corrected chi connectivity index (χ1v) is 12.7. The van der Waals surface area contributed by atoms with E-state index in [0.29, 0.717) is 25.9 Å². The number of cyclic esters (lactones) is 1. The van der Waals surface area contributed by atoms with Gasteiger partial charge >= 0.3 is 11.9 Å². The quantitative estimate of drug-likeness (QED) is 0.190. The van der Waals surface area contributed by atoms with Crippen LogP contribution >= 0.6 is 0 Å². The molecule has 5 nitrogen and oxygen atoms in total. The molecule has 5 heteroatoms. The van der Waals surface area contributed by atoms with E-state index in [9.17, 15) is 9.59 Å². The van der Waals surface area contributed by atoms with Crippen molar-refractivity contribution in [3.05, 3.63) is 35.9 Å². The second kappa shape index (κ2) is 16.7. The first-order chi connectivity index (χ1) is 15.7. The molecule has 0 radical (unpaired) electrons. The van der Waals surface area contributed by atoms with Gasteiger partial charge in [-0.3, -0.25) is 9.59 Å². The molecule has 2 atom stereocenters. The number of hydrogen-bond donors (Lipinski definition) is 0. The molecule has 0 bridgehead atoms. The number of carbonyl (C=O) groups is 2. The molecule has 0 aromatic heterocycles. The summed E-state index contributed by atoms with van der Waals surface area (Å²) in [5.74, 6) is -0.457. The highest BCUT2D eigenvalue weighted by molar-refractivity contribution is 5.72. The van der Waals surface area contributed by atoms with E-state index in [4.69, 9.17) is 14.2 Å². The molecular formula is C27H42O5. The summed E-state index contributed by atoms with van der Waals surface area (Å²) in [6.07, 6.45) is 14.1. The van der Waals surface area contributed by atoms with Gasteiger partial charge in [-0.1, -0.05) is 101 Å². The topological polar surface area (TPSA) is 61.8 Å². The Balaban J connectivity index is 1.58. The molecule has 0 amide bonds. The van der Waals surface area contributed by atoms with Crippen LogP contribution in [0.25, 0.3) is 0 Å². The first kappa shape index (κ1) is 26.4. The highest BCUT2D eigenvalue weighted by atomic mass is 16.6. The predicted molar refractivity (Wildman–Crippen MR) is 126 cm³/mol. The Bertz CT molecular complexity index is 630. The molecule has 1 fully saturated rings. The lowest BCUT2D eigenvalue weighted by Crippen LogP contribution is -2.35. The van der Waals surface area contributed by atoms with E-state index in [-0.39, 0.29) is 18.5 Å². The van der Waals surface area contributed by atoms with Gasteiger partial charge in [-0.2, -0.15) is 0 Å². The Morgan fingerprint density at radius 3 is 2.19 bits per heavy atom. The van der Waals surface area contributed by atoms with E-state index in [1.165, 1.54) is 57.8 Å². The fraction of sp³-hybridized carbons (Fsp3) is 0.704. The summed E-state index contributed by atoms with van der Waals surface area (Å²) in [7, 11) is 0. The molecule has 32 heavy (non-hydrogen) atoms. The minimum Gasteiger partial charge on any atom is -0.458 e. The number of unbranched alkanes of at least 4 members (excludes halogenated alkanes) is 10. The summed E-state index contributed by atoms with van der Waals surface area (Å²) >= 11 is 0.